The van der Waals surface area contributed by atoms with Crippen LogP contribution < -0.4 is 0 Å². The summed E-state index contributed by atoms with van der Waals surface area (Å²) in [7, 11) is 0. The van der Waals surface area contributed by atoms with E-state index in [1.807, 2.05) is 0 Å². The largest absolute Gasteiger partial charge is 0.251 e. The Kier molecular flexibility index (Phi) is 47.9. The monoisotopic (exact) mass is 1000 g/mol. The smallest absolute Gasteiger partial charge is 0.0665 e. The van der Waals surface area contributed by atoms with E-state index in [9.17, 15) is 0 Å². The van der Waals surface area contributed by atoms with Gasteiger partial charge in [-0.15, -0.1) is 0 Å². The molecule has 0 radical (unpaired) electrons. The lowest BCUT2D eigenvalue weighted by atomic mass is 10.0. The maximum atomic E-state index is 5.54. The Bertz CT molecular complexity index is 1590. The van der Waals surface area contributed by atoms with Crippen LogP contribution in [0.4, 0.5) is 11.4 Å². The Morgan fingerprint density at radius 1 is 0.274 bits per heavy atom. The van der Waals surface area contributed by atoms with Crippen LogP contribution in [0.15, 0.2) is 82.8 Å². The van der Waals surface area contributed by atoms with Crippen LogP contribution in [0.3, 0.4) is 0 Å². The van der Waals surface area contributed by atoms with Crippen LogP contribution in [-0.2, 0) is 12.8 Å². The Morgan fingerprint density at radius 3 is 0.836 bits per heavy atom. The third-order valence-corrected chi connectivity index (χ3v) is 15.5. The summed E-state index contributed by atoms with van der Waals surface area (Å²) < 4.78 is 0. The van der Waals surface area contributed by atoms with Crippen LogP contribution >= 0.6 is 0 Å². The zero-order valence-corrected chi connectivity index (χ0v) is 49.5. The molecule has 0 fully saturated rings. The number of benzene rings is 2. The summed E-state index contributed by atoms with van der Waals surface area (Å²) in [6.45, 7) is 9.23. The van der Waals surface area contributed by atoms with Crippen molar-refractivity contribution in [2.45, 2.75) is 342 Å². The van der Waals surface area contributed by atoms with Gasteiger partial charge in [-0.05, 0) is 113 Å². The fourth-order valence-electron chi connectivity index (χ4n) is 10.6. The van der Waals surface area contributed by atoms with Gasteiger partial charge in [-0.3, -0.25) is 9.98 Å². The second-order valence-corrected chi connectivity index (χ2v) is 22.6. The zero-order chi connectivity index (χ0) is 52.0. The summed E-state index contributed by atoms with van der Waals surface area (Å²) in [4.78, 5) is 11.1. The number of aryl methyl sites for hydroxylation is 2. The van der Waals surface area contributed by atoms with Crippen molar-refractivity contribution in [2.75, 3.05) is 0 Å². The number of nitrogens with zero attached hydrogens (tertiary/aromatic N) is 2. The number of aliphatic imine (C=N–C) groups is 2. The lowest BCUT2D eigenvalue weighted by Crippen LogP contribution is -2.15. The molecule has 0 heterocycles. The molecule has 0 saturated carbocycles. The number of allylic oxidation sites excluding steroid dienone is 4. The molecule has 0 amide bonds. The Balaban J connectivity index is 1.74. The van der Waals surface area contributed by atoms with Crippen molar-refractivity contribution >= 4 is 22.8 Å². The average Bonchev–Trinajstić information content (AvgIpc) is 3.41. The molecule has 73 heavy (non-hydrogen) atoms. The quantitative estimate of drug-likeness (QED) is 0.0358. The predicted octanol–water partition coefficient (Wildman–Crippen LogP) is 25.1. The predicted molar refractivity (Wildman–Crippen MR) is 332 cm³/mol. The maximum Gasteiger partial charge on any atom is 0.0665 e. The molecule has 0 aliphatic heterocycles. The minimum Gasteiger partial charge on any atom is -0.251 e. The fourth-order valence-corrected chi connectivity index (χ4v) is 10.6. The highest BCUT2D eigenvalue weighted by Crippen LogP contribution is 2.27. The topological polar surface area (TPSA) is 24.7 Å². The van der Waals surface area contributed by atoms with Crippen LogP contribution in [-0.4, -0.2) is 11.4 Å². The first-order valence-electron chi connectivity index (χ1n) is 32.8. The van der Waals surface area contributed by atoms with Crippen LogP contribution in [0.5, 0.6) is 0 Å². The highest BCUT2D eigenvalue weighted by atomic mass is 14.8. The van der Waals surface area contributed by atoms with Gasteiger partial charge in [0, 0.05) is 0 Å². The first-order chi connectivity index (χ1) is 36.2. The summed E-state index contributed by atoms with van der Waals surface area (Å²) in [5.74, 6) is 0. The van der Waals surface area contributed by atoms with E-state index < -0.39 is 0 Å². The molecule has 0 saturated heterocycles. The number of hydrogen-bond acceptors (Lipinski definition) is 2. The molecule has 0 aliphatic carbocycles. The molecular weight excluding hydrogens is 881 g/mol. The van der Waals surface area contributed by atoms with E-state index in [4.69, 9.17) is 9.98 Å². The van der Waals surface area contributed by atoms with Crippen molar-refractivity contribution in [3.63, 3.8) is 0 Å². The molecule has 0 unspecified atom stereocenters. The standard InChI is InChI=1S/C71H122N2/c1-5-9-13-15-17-19-21-23-25-27-29-31-33-35-37-39-41-43-45-47-49-52-58-66-60-54-56-63-68(66)72-70(62-12-8-4)71(65-51-11-7-3)73-69-64-57-55-61-67(69)59-53-50-48-46-44-42-40-38-36-34-32-30-28-26-24-22-20-18-16-14-10-6-2/h45-48,54-57,60-61,63-64H,5-44,49-53,58-59,62,65H2,1-4H3. The normalized spacial score (nSPS) is 12.4. The Hall–Kier alpha value is -2.74. The molecule has 0 bridgehead atoms. The molecule has 0 atom stereocenters. The summed E-state index contributed by atoms with van der Waals surface area (Å²) in [5, 5.41) is 0. The van der Waals surface area contributed by atoms with E-state index in [0.29, 0.717) is 0 Å². The number of hydrogen-bond donors (Lipinski definition) is 0. The summed E-state index contributed by atoms with van der Waals surface area (Å²) >= 11 is 0. The van der Waals surface area contributed by atoms with Crippen molar-refractivity contribution in [3.8, 4) is 0 Å². The fraction of sp³-hybridized carbons (Fsp3) is 0.746. The third-order valence-electron chi connectivity index (χ3n) is 15.5. The van der Waals surface area contributed by atoms with Crippen LogP contribution in [0.2, 0.25) is 0 Å². The molecule has 416 valence electrons. The number of unbranched alkanes of at least 4 members (excludes halogenated alkanes) is 39. The van der Waals surface area contributed by atoms with Gasteiger partial charge in [-0.25, -0.2) is 0 Å². The second kappa shape index (κ2) is 52.7. The van der Waals surface area contributed by atoms with E-state index in [0.717, 1.165) is 56.3 Å². The van der Waals surface area contributed by atoms with Crippen LogP contribution in [0, 0.1) is 0 Å². The minimum absolute atomic E-state index is 0.990. The van der Waals surface area contributed by atoms with E-state index >= 15 is 0 Å². The first-order valence-corrected chi connectivity index (χ1v) is 32.8. The van der Waals surface area contributed by atoms with Crippen molar-refractivity contribution < 1.29 is 0 Å². The Morgan fingerprint density at radius 2 is 0.521 bits per heavy atom. The van der Waals surface area contributed by atoms with Gasteiger partial charge in [0.25, 0.3) is 0 Å². The van der Waals surface area contributed by atoms with Gasteiger partial charge >= 0.3 is 0 Å². The highest BCUT2D eigenvalue weighted by Gasteiger charge is 2.13. The summed E-state index contributed by atoms with van der Waals surface area (Å²) in [6.07, 6.45) is 75.8. The van der Waals surface area contributed by atoms with Gasteiger partial charge < -0.3 is 0 Å². The van der Waals surface area contributed by atoms with Gasteiger partial charge in [0.1, 0.15) is 0 Å². The van der Waals surface area contributed by atoms with Crippen LogP contribution in [0.25, 0.3) is 0 Å². The molecule has 0 N–H and O–H groups in total. The van der Waals surface area contributed by atoms with Crippen LogP contribution in [0.1, 0.15) is 341 Å². The average molecular weight is 1000 g/mol. The van der Waals surface area contributed by atoms with E-state index in [1.54, 1.807) is 0 Å². The molecule has 2 aromatic rings. The molecule has 0 spiro atoms. The van der Waals surface area contributed by atoms with Gasteiger partial charge in [-0.2, -0.15) is 0 Å². The summed E-state index contributed by atoms with van der Waals surface area (Å²) in [5.41, 5.74) is 7.49. The summed E-state index contributed by atoms with van der Waals surface area (Å²) in [6, 6.07) is 17.9. The van der Waals surface area contributed by atoms with Crippen molar-refractivity contribution in [1.29, 1.82) is 0 Å². The molecule has 2 rings (SSSR count). The molecule has 2 aromatic carbocycles. The second-order valence-electron chi connectivity index (χ2n) is 22.6. The van der Waals surface area contributed by atoms with Gasteiger partial charge in [0.2, 0.25) is 0 Å². The lowest BCUT2D eigenvalue weighted by Gasteiger charge is -2.14. The molecule has 0 aromatic heterocycles. The molecular formula is C71H122N2. The zero-order valence-electron chi connectivity index (χ0n) is 49.5. The van der Waals surface area contributed by atoms with Crippen molar-refractivity contribution in [3.05, 3.63) is 84.0 Å². The molecule has 2 heteroatoms. The maximum absolute atomic E-state index is 5.54. The van der Waals surface area contributed by atoms with Gasteiger partial charge in [0.15, 0.2) is 0 Å². The van der Waals surface area contributed by atoms with Crippen molar-refractivity contribution in [2.24, 2.45) is 9.98 Å². The van der Waals surface area contributed by atoms with E-state index in [-0.39, 0.29) is 0 Å². The molecule has 2 nitrogen and oxygen atoms in total. The lowest BCUT2D eigenvalue weighted by molar-refractivity contribution is 0.527. The molecule has 0 aliphatic rings. The number of rotatable bonds is 54. The first kappa shape index (κ1) is 66.4. The van der Waals surface area contributed by atoms with Gasteiger partial charge in [0.05, 0.1) is 22.8 Å². The SMILES string of the molecule is CCCCCCCCCCCCCCCCCCCC=CCCCc1ccccc1N=C(CCCC)C(CCCCC)=Nc1ccccc1CCCC=CCCCCCCCCCCCCCCCCCCC. The van der Waals surface area contributed by atoms with Crippen molar-refractivity contribution in [1.82, 2.24) is 0 Å². The van der Waals surface area contributed by atoms with Gasteiger partial charge in [-0.1, -0.05) is 313 Å². The van der Waals surface area contributed by atoms with E-state index in [2.05, 4.69) is 101 Å². The third kappa shape index (κ3) is 40.2. The van der Waals surface area contributed by atoms with E-state index in [1.165, 1.54) is 292 Å². The minimum atomic E-state index is 0.990. The number of para-hydroxylation sites is 2. The Labute approximate surface area is 456 Å². The highest BCUT2D eigenvalue weighted by molar-refractivity contribution is 6.43.